The number of carbonyl (C=O) groups excluding carboxylic acids is 1. The highest BCUT2D eigenvalue weighted by molar-refractivity contribution is 7.17. The highest BCUT2D eigenvalue weighted by Crippen LogP contribution is 2.28. The Labute approximate surface area is 194 Å². The third-order valence-corrected chi connectivity index (χ3v) is 6.53. The summed E-state index contributed by atoms with van der Waals surface area (Å²) in [5, 5.41) is 4.30. The van der Waals surface area contributed by atoms with Gasteiger partial charge in [-0.3, -0.25) is 14.2 Å². The summed E-state index contributed by atoms with van der Waals surface area (Å²) in [6.45, 7) is 3.63. The van der Waals surface area contributed by atoms with Gasteiger partial charge in [0.15, 0.2) is 0 Å². The predicted octanol–water partition coefficient (Wildman–Crippen LogP) is 5.38. The number of carbonyl (C=O) groups is 1. The Balaban J connectivity index is 1.47. The number of anilines is 1. The smallest absolute Gasteiger partial charge is 0.267 e. The molecule has 0 radical (unpaired) electrons. The van der Waals surface area contributed by atoms with Gasteiger partial charge in [0.05, 0.1) is 22.3 Å². The Morgan fingerprint density at radius 3 is 2.48 bits per heavy atom. The standard InChI is InChI=1S/C26H20N4O2S/c1-16-23(33-25(27-16)18-9-4-3-5-10-18)24(31)29-19-11-8-12-20(15-19)30-17(2)28-22-14-7-6-13-21(22)26(30)32/h3-15H,1-2H3,(H,29,31). The van der Waals surface area contributed by atoms with Gasteiger partial charge in [-0.2, -0.15) is 0 Å². The molecule has 1 N–H and O–H groups in total. The molecule has 5 aromatic rings. The van der Waals surface area contributed by atoms with Crippen LogP contribution in [0.15, 0.2) is 83.7 Å². The van der Waals surface area contributed by atoms with E-state index in [1.165, 1.54) is 11.3 Å². The van der Waals surface area contributed by atoms with Gasteiger partial charge in [0.2, 0.25) is 0 Å². The van der Waals surface area contributed by atoms with Crippen LogP contribution in [-0.2, 0) is 0 Å². The molecular weight excluding hydrogens is 432 g/mol. The summed E-state index contributed by atoms with van der Waals surface area (Å²) in [6.07, 6.45) is 0. The highest BCUT2D eigenvalue weighted by atomic mass is 32.1. The fourth-order valence-corrected chi connectivity index (χ4v) is 4.74. The lowest BCUT2D eigenvalue weighted by molar-refractivity contribution is 0.103. The van der Waals surface area contributed by atoms with Crippen LogP contribution in [0, 0.1) is 13.8 Å². The van der Waals surface area contributed by atoms with Crippen LogP contribution in [0.25, 0.3) is 27.2 Å². The summed E-state index contributed by atoms with van der Waals surface area (Å²) in [7, 11) is 0. The minimum Gasteiger partial charge on any atom is -0.321 e. The van der Waals surface area contributed by atoms with Crippen LogP contribution < -0.4 is 10.9 Å². The molecule has 3 aromatic carbocycles. The molecule has 1 amide bonds. The van der Waals surface area contributed by atoms with E-state index in [0.29, 0.717) is 38.7 Å². The molecule has 0 bridgehead atoms. The number of nitrogens with one attached hydrogen (secondary N) is 1. The van der Waals surface area contributed by atoms with Gasteiger partial charge in [-0.15, -0.1) is 11.3 Å². The number of benzene rings is 3. The SMILES string of the molecule is Cc1nc(-c2ccccc2)sc1C(=O)Nc1cccc(-n2c(C)nc3ccccc3c2=O)c1. The lowest BCUT2D eigenvalue weighted by Crippen LogP contribution is -2.22. The molecule has 0 aliphatic heterocycles. The second-order valence-corrected chi connectivity index (χ2v) is 8.62. The highest BCUT2D eigenvalue weighted by Gasteiger charge is 2.17. The van der Waals surface area contributed by atoms with Crippen LogP contribution in [0.5, 0.6) is 0 Å². The minimum atomic E-state index is -0.231. The van der Waals surface area contributed by atoms with E-state index in [1.807, 2.05) is 61.5 Å². The molecule has 7 heteroatoms. The zero-order valence-electron chi connectivity index (χ0n) is 18.1. The van der Waals surface area contributed by atoms with Crippen molar-refractivity contribution in [3.63, 3.8) is 0 Å². The van der Waals surface area contributed by atoms with E-state index in [-0.39, 0.29) is 11.5 Å². The molecule has 2 heterocycles. The molecule has 0 saturated carbocycles. The number of thiazole rings is 1. The van der Waals surface area contributed by atoms with Gasteiger partial charge in [-0.25, -0.2) is 9.97 Å². The molecule has 162 valence electrons. The first kappa shape index (κ1) is 20.8. The van der Waals surface area contributed by atoms with E-state index in [1.54, 1.807) is 35.8 Å². The molecule has 0 aliphatic carbocycles. The van der Waals surface area contributed by atoms with Crippen molar-refractivity contribution in [1.29, 1.82) is 0 Å². The maximum Gasteiger partial charge on any atom is 0.267 e. The number of hydrogen-bond acceptors (Lipinski definition) is 5. The Kier molecular flexibility index (Phi) is 5.32. The van der Waals surface area contributed by atoms with Crippen molar-refractivity contribution < 1.29 is 4.79 Å². The molecule has 0 saturated heterocycles. The van der Waals surface area contributed by atoms with Crippen LogP contribution >= 0.6 is 11.3 Å². The molecular formula is C26H20N4O2S. The first-order chi connectivity index (χ1) is 16.0. The van der Waals surface area contributed by atoms with Gasteiger partial charge in [0.25, 0.3) is 11.5 Å². The van der Waals surface area contributed by atoms with E-state index >= 15 is 0 Å². The summed E-state index contributed by atoms with van der Waals surface area (Å²) >= 11 is 1.36. The van der Waals surface area contributed by atoms with E-state index in [4.69, 9.17) is 0 Å². The number of aryl methyl sites for hydroxylation is 2. The maximum absolute atomic E-state index is 13.1. The quantitative estimate of drug-likeness (QED) is 0.397. The molecule has 6 nitrogen and oxygen atoms in total. The van der Waals surface area contributed by atoms with E-state index < -0.39 is 0 Å². The number of rotatable bonds is 4. The number of para-hydroxylation sites is 1. The molecule has 0 unspecified atom stereocenters. The minimum absolute atomic E-state index is 0.146. The Morgan fingerprint density at radius 1 is 0.909 bits per heavy atom. The van der Waals surface area contributed by atoms with Crippen molar-refractivity contribution >= 4 is 33.8 Å². The van der Waals surface area contributed by atoms with Gasteiger partial charge in [0.1, 0.15) is 15.7 Å². The largest absolute Gasteiger partial charge is 0.321 e. The summed E-state index contributed by atoms with van der Waals surface area (Å²) < 4.78 is 1.56. The predicted molar refractivity (Wildman–Crippen MR) is 132 cm³/mol. The summed E-state index contributed by atoms with van der Waals surface area (Å²) in [4.78, 5) is 35.8. The van der Waals surface area contributed by atoms with Crippen LogP contribution in [0.3, 0.4) is 0 Å². The van der Waals surface area contributed by atoms with Gasteiger partial charge in [0, 0.05) is 11.3 Å². The second-order valence-electron chi connectivity index (χ2n) is 7.62. The summed E-state index contributed by atoms with van der Waals surface area (Å²) in [6, 6.07) is 24.3. The van der Waals surface area contributed by atoms with Crippen LogP contribution in [0.4, 0.5) is 5.69 Å². The summed E-state index contributed by atoms with van der Waals surface area (Å²) in [5.41, 5.74) is 3.40. The third kappa shape index (κ3) is 3.94. The van der Waals surface area contributed by atoms with Crippen LogP contribution in [0.1, 0.15) is 21.2 Å². The van der Waals surface area contributed by atoms with Gasteiger partial charge in [-0.1, -0.05) is 48.5 Å². The van der Waals surface area contributed by atoms with E-state index in [2.05, 4.69) is 15.3 Å². The maximum atomic E-state index is 13.1. The van der Waals surface area contributed by atoms with Gasteiger partial charge in [-0.05, 0) is 44.2 Å². The normalized spacial score (nSPS) is 11.0. The average molecular weight is 453 g/mol. The van der Waals surface area contributed by atoms with Crippen molar-refractivity contribution in [1.82, 2.24) is 14.5 Å². The van der Waals surface area contributed by atoms with Crippen LogP contribution in [0.2, 0.25) is 0 Å². The molecule has 5 rings (SSSR count). The molecule has 0 atom stereocenters. The molecule has 2 aromatic heterocycles. The fourth-order valence-electron chi connectivity index (χ4n) is 3.77. The number of fused-ring (bicyclic) bond motifs is 1. The van der Waals surface area contributed by atoms with E-state index in [0.717, 1.165) is 10.6 Å². The average Bonchev–Trinajstić information content (AvgIpc) is 3.22. The Hall–Kier alpha value is -4.10. The second kappa shape index (κ2) is 8.44. The third-order valence-electron chi connectivity index (χ3n) is 5.33. The van der Waals surface area contributed by atoms with Crippen molar-refractivity contribution in [3.8, 4) is 16.3 Å². The van der Waals surface area contributed by atoms with Gasteiger partial charge < -0.3 is 5.32 Å². The molecule has 0 aliphatic rings. The Morgan fingerprint density at radius 2 is 1.67 bits per heavy atom. The zero-order valence-corrected chi connectivity index (χ0v) is 18.9. The number of hydrogen-bond donors (Lipinski definition) is 1. The monoisotopic (exact) mass is 452 g/mol. The topological polar surface area (TPSA) is 76.9 Å². The van der Waals surface area contributed by atoms with Crippen molar-refractivity contribution in [2.75, 3.05) is 5.32 Å². The Bertz CT molecular complexity index is 1550. The van der Waals surface area contributed by atoms with Crippen molar-refractivity contribution in [2.24, 2.45) is 0 Å². The van der Waals surface area contributed by atoms with Crippen molar-refractivity contribution in [3.05, 3.63) is 106 Å². The first-order valence-electron chi connectivity index (χ1n) is 10.4. The first-order valence-corrected chi connectivity index (χ1v) is 11.3. The zero-order chi connectivity index (χ0) is 22.9. The number of amides is 1. The molecule has 33 heavy (non-hydrogen) atoms. The lowest BCUT2D eigenvalue weighted by Gasteiger charge is -2.12. The van der Waals surface area contributed by atoms with E-state index in [9.17, 15) is 9.59 Å². The van der Waals surface area contributed by atoms with Crippen molar-refractivity contribution in [2.45, 2.75) is 13.8 Å². The van der Waals surface area contributed by atoms with Gasteiger partial charge >= 0.3 is 0 Å². The molecule has 0 fully saturated rings. The van der Waals surface area contributed by atoms with Crippen LogP contribution in [-0.4, -0.2) is 20.4 Å². The fraction of sp³-hybridized carbons (Fsp3) is 0.0769. The number of nitrogens with zero attached hydrogens (tertiary/aromatic N) is 3. The number of aromatic nitrogens is 3. The summed E-state index contributed by atoms with van der Waals surface area (Å²) in [5.74, 6) is 0.345. The molecule has 0 spiro atoms. The lowest BCUT2D eigenvalue weighted by atomic mass is 10.2.